The minimum Gasteiger partial charge on any atom is -0.442 e. The first kappa shape index (κ1) is 17.5. The van der Waals surface area contributed by atoms with Crippen LogP contribution in [0.1, 0.15) is 46.5 Å². The van der Waals surface area contributed by atoms with Crippen molar-refractivity contribution < 1.29 is 9.21 Å². The van der Waals surface area contributed by atoms with Gasteiger partial charge in [0.15, 0.2) is 0 Å². The molecule has 4 rings (SSSR count). The smallest absolute Gasteiger partial charge is 0.255 e. The first-order valence-electron chi connectivity index (χ1n) is 9.46. The van der Waals surface area contributed by atoms with Crippen LogP contribution in [0.4, 0.5) is 5.82 Å². The Morgan fingerprint density at radius 1 is 1.11 bits per heavy atom. The van der Waals surface area contributed by atoms with Gasteiger partial charge in [-0.25, -0.2) is 9.97 Å². The highest BCUT2D eigenvalue weighted by molar-refractivity contribution is 6.10. The van der Waals surface area contributed by atoms with E-state index in [4.69, 9.17) is 4.42 Å². The fraction of sp³-hybridized carbons (Fsp3) is 0.381. The molecule has 0 bridgehead atoms. The average Bonchev–Trinajstić information content (AvgIpc) is 3.04. The molecule has 0 radical (unpaired) electrons. The van der Waals surface area contributed by atoms with Crippen LogP contribution in [0.5, 0.6) is 0 Å². The molecule has 0 saturated carbocycles. The number of aryl methyl sites for hydroxylation is 2. The number of benzene rings is 1. The van der Waals surface area contributed by atoms with E-state index < -0.39 is 0 Å². The number of nitrogens with zero attached hydrogens (tertiary/aromatic N) is 3. The van der Waals surface area contributed by atoms with Crippen molar-refractivity contribution in [1.29, 1.82) is 0 Å². The normalized spacial score (nSPS) is 14.5. The lowest BCUT2D eigenvalue weighted by molar-refractivity contribution is 0.0951. The van der Waals surface area contributed by atoms with Crippen molar-refractivity contribution in [3.8, 4) is 0 Å². The van der Waals surface area contributed by atoms with E-state index in [1.54, 1.807) is 0 Å². The van der Waals surface area contributed by atoms with Gasteiger partial charge in [0.05, 0.1) is 10.9 Å². The Morgan fingerprint density at radius 2 is 1.85 bits per heavy atom. The van der Waals surface area contributed by atoms with E-state index in [0.717, 1.165) is 42.7 Å². The molecule has 0 unspecified atom stereocenters. The number of amides is 1. The van der Waals surface area contributed by atoms with Crippen LogP contribution in [-0.4, -0.2) is 29.0 Å². The summed E-state index contributed by atoms with van der Waals surface area (Å²) in [6.07, 6.45) is 5.02. The van der Waals surface area contributed by atoms with E-state index >= 15 is 0 Å². The molecule has 0 aliphatic carbocycles. The van der Waals surface area contributed by atoms with Crippen molar-refractivity contribution in [1.82, 2.24) is 15.3 Å². The van der Waals surface area contributed by atoms with Gasteiger partial charge in [0.25, 0.3) is 5.91 Å². The quantitative estimate of drug-likeness (QED) is 0.763. The highest BCUT2D eigenvalue weighted by Crippen LogP contribution is 2.32. The summed E-state index contributed by atoms with van der Waals surface area (Å²) < 4.78 is 5.78. The number of hydrogen-bond donors (Lipinski definition) is 1. The van der Waals surface area contributed by atoms with Crippen molar-refractivity contribution in [3.05, 3.63) is 53.0 Å². The van der Waals surface area contributed by atoms with E-state index in [-0.39, 0.29) is 5.91 Å². The van der Waals surface area contributed by atoms with Gasteiger partial charge in [0.1, 0.15) is 17.9 Å². The van der Waals surface area contributed by atoms with Crippen molar-refractivity contribution in [2.24, 2.45) is 0 Å². The Bertz CT molecular complexity index is 956. The molecule has 1 amide bonds. The Balaban J connectivity index is 1.64. The first-order valence-corrected chi connectivity index (χ1v) is 9.46. The maximum absolute atomic E-state index is 13.0. The molecule has 6 heteroatoms. The number of fused-ring (bicyclic) bond motifs is 1. The van der Waals surface area contributed by atoms with Crippen molar-refractivity contribution in [3.63, 3.8) is 0 Å². The van der Waals surface area contributed by atoms with E-state index in [2.05, 4.69) is 20.2 Å². The Labute approximate surface area is 158 Å². The van der Waals surface area contributed by atoms with Gasteiger partial charge in [-0.15, -0.1) is 0 Å². The highest BCUT2D eigenvalue weighted by atomic mass is 16.3. The largest absolute Gasteiger partial charge is 0.442 e. The lowest BCUT2D eigenvalue weighted by Gasteiger charge is -2.28. The summed E-state index contributed by atoms with van der Waals surface area (Å²) in [6, 6.07) is 8.14. The first-order chi connectivity index (χ1) is 13.1. The lowest BCUT2D eigenvalue weighted by Crippen LogP contribution is -2.31. The molecule has 1 aliphatic rings. The predicted molar refractivity (Wildman–Crippen MR) is 105 cm³/mol. The van der Waals surface area contributed by atoms with Crippen molar-refractivity contribution >= 4 is 22.8 Å². The van der Waals surface area contributed by atoms with Gasteiger partial charge in [-0.1, -0.05) is 29.8 Å². The van der Waals surface area contributed by atoms with Crippen LogP contribution in [0, 0.1) is 13.8 Å². The molecule has 1 fully saturated rings. The van der Waals surface area contributed by atoms with Crippen LogP contribution in [-0.2, 0) is 6.54 Å². The summed E-state index contributed by atoms with van der Waals surface area (Å²) in [7, 11) is 0. The maximum atomic E-state index is 13.0. The predicted octanol–water partition coefficient (Wildman–Crippen LogP) is 3.76. The number of piperidine rings is 1. The third-order valence-electron chi connectivity index (χ3n) is 5.10. The summed E-state index contributed by atoms with van der Waals surface area (Å²) in [4.78, 5) is 23.9. The number of anilines is 1. The topological polar surface area (TPSA) is 71.3 Å². The second-order valence-electron chi connectivity index (χ2n) is 7.13. The molecule has 6 nitrogen and oxygen atoms in total. The van der Waals surface area contributed by atoms with Crippen molar-refractivity contribution in [2.75, 3.05) is 18.0 Å². The molecule has 1 aliphatic heterocycles. The second-order valence-corrected chi connectivity index (χ2v) is 7.13. The molecular weight excluding hydrogens is 340 g/mol. The summed E-state index contributed by atoms with van der Waals surface area (Å²) in [6.45, 7) is 6.22. The van der Waals surface area contributed by atoms with Gasteiger partial charge in [-0.3, -0.25) is 4.79 Å². The zero-order valence-electron chi connectivity index (χ0n) is 15.8. The number of aromatic nitrogens is 2. The van der Waals surface area contributed by atoms with E-state index in [0.29, 0.717) is 23.6 Å². The zero-order valence-corrected chi connectivity index (χ0v) is 15.8. The molecular formula is C21H24N4O2. The third-order valence-corrected chi connectivity index (χ3v) is 5.10. The number of carbonyl (C=O) groups excluding carboxylic acids is 1. The highest BCUT2D eigenvalue weighted by Gasteiger charge is 2.25. The third kappa shape index (κ3) is 3.52. The molecule has 140 valence electrons. The van der Waals surface area contributed by atoms with Crippen LogP contribution < -0.4 is 10.2 Å². The average molecular weight is 364 g/mol. The Morgan fingerprint density at radius 3 is 2.59 bits per heavy atom. The molecule has 3 aromatic rings. The number of rotatable bonds is 4. The molecule has 3 heterocycles. The zero-order chi connectivity index (χ0) is 18.8. The molecule has 1 aromatic carbocycles. The molecule has 1 saturated heterocycles. The number of furan rings is 1. The fourth-order valence-corrected chi connectivity index (χ4v) is 3.62. The molecule has 2 aromatic heterocycles. The van der Waals surface area contributed by atoms with Gasteiger partial charge >= 0.3 is 0 Å². The number of carbonyl (C=O) groups is 1. The van der Waals surface area contributed by atoms with Gasteiger partial charge in [-0.2, -0.15) is 0 Å². The molecule has 1 N–H and O–H groups in total. The monoisotopic (exact) mass is 364 g/mol. The minimum absolute atomic E-state index is 0.153. The second kappa shape index (κ2) is 7.39. The minimum atomic E-state index is -0.153. The fourth-order valence-electron chi connectivity index (χ4n) is 3.62. The van der Waals surface area contributed by atoms with E-state index in [1.807, 2.05) is 38.1 Å². The standard InChI is InChI=1S/C21H24N4O2/c1-14-6-8-16(9-7-14)12-22-20(26)17-15(2)27-21-18(17)19(23-13-24-21)25-10-4-3-5-11-25/h6-9,13H,3-5,10-12H2,1-2H3,(H,22,26). The summed E-state index contributed by atoms with van der Waals surface area (Å²) in [5, 5.41) is 3.73. The van der Waals surface area contributed by atoms with E-state index in [9.17, 15) is 4.79 Å². The maximum Gasteiger partial charge on any atom is 0.255 e. The SMILES string of the molecule is Cc1ccc(CNC(=O)c2c(C)oc3ncnc(N4CCCCC4)c23)cc1. The molecule has 0 spiro atoms. The van der Waals surface area contributed by atoms with Crippen LogP contribution in [0.25, 0.3) is 11.1 Å². The van der Waals surface area contributed by atoms with Crippen molar-refractivity contribution in [2.45, 2.75) is 39.7 Å². The molecule has 27 heavy (non-hydrogen) atoms. The summed E-state index contributed by atoms with van der Waals surface area (Å²) in [5.74, 6) is 1.22. The van der Waals surface area contributed by atoms with E-state index in [1.165, 1.54) is 18.3 Å². The van der Waals surface area contributed by atoms with Gasteiger partial charge in [-0.05, 0) is 38.7 Å². The Kier molecular flexibility index (Phi) is 4.79. The summed E-state index contributed by atoms with van der Waals surface area (Å²) in [5.41, 5.74) is 3.28. The summed E-state index contributed by atoms with van der Waals surface area (Å²) >= 11 is 0. The van der Waals surface area contributed by atoms with Gasteiger partial charge in [0, 0.05) is 19.6 Å². The van der Waals surface area contributed by atoms with Gasteiger partial charge < -0.3 is 14.6 Å². The number of hydrogen-bond acceptors (Lipinski definition) is 5. The van der Waals surface area contributed by atoms with Crippen LogP contribution >= 0.6 is 0 Å². The van der Waals surface area contributed by atoms with Crippen LogP contribution in [0.15, 0.2) is 35.0 Å². The Hall–Kier alpha value is -2.89. The van der Waals surface area contributed by atoms with Crippen LogP contribution in [0.3, 0.4) is 0 Å². The lowest BCUT2D eigenvalue weighted by atomic mass is 10.1. The number of nitrogens with one attached hydrogen (secondary N) is 1. The van der Waals surface area contributed by atoms with Crippen LogP contribution in [0.2, 0.25) is 0 Å². The molecule has 0 atom stereocenters. The van der Waals surface area contributed by atoms with Gasteiger partial charge in [0.2, 0.25) is 5.71 Å².